The van der Waals surface area contributed by atoms with E-state index < -0.39 is 0 Å². The van der Waals surface area contributed by atoms with Gasteiger partial charge in [-0.25, -0.2) is 0 Å². The molecular weight excluding hydrogens is 178 g/mol. The third-order valence-electron chi connectivity index (χ3n) is 2.25. The number of unbranched alkanes of at least 4 members (excludes halogenated alkanes) is 1. The Hall–Kier alpha value is -1.06. The smallest absolute Gasteiger partial charge is 0.0701 e. The Morgan fingerprint density at radius 2 is 1.93 bits per heavy atom. The Labute approximate surface area is 84.2 Å². The molecule has 0 spiro atoms. The van der Waals surface area contributed by atoms with Crippen molar-refractivity contribution in [2.75, 3.05) is 12.3 Å². The lowest BCUT2D eigenvalue weighted by Gasteiger charge is -2.05. The Balaban J connectivity index is 2.57. The van der Waals surface area contributed by atoms with Crippen LogP contribution in [-0.4, -0.2) is 16.8 Å². The van der Waals surface area contributed by atoms with Gasteiger partial charge in [-0.3, -0.25) is 0 Å². The van der Waals surface area contributed by atoms with Gasteiger partial charge in [0.1, 0.15) is 0 Å². The number of rotatable bonds is 5. The quantitative estimate of drug-likeness (QED) is 0.486. The molecule has 1 aromatic carbocycles. The second-order valence-electron chi connectivity index (χ2n) is 3.37. The molecule has 0 radical (unpaired) electrons. The highest BCUT2D eigenvalue weighted by Crippen LogP contribution is 2.15. The van der Waals surface area contributed by atoms with E-state index >= 15 is 0 Å². The maximum Gasteiger partial charge on any atom is 0.0701 e. The molecule has 0 saturated carbocycles. The molecular formula is C11H17NO2. The van der Waals surface area contributed by atoms with Crippen LogP contribution in [0.3, 0.4) is 0 Å². The van der Waals surface area contributed by atoms with E-state index in [1.54, 1.807) is 0 Å². The van der Waals surface area contributed by atoms with Crippen LogP contribution in [0.25, 0.3) is 0 Å². The molecule has 1 rings (SSSR count). The fraction of sp³-hybridized carbons (Fsp3) is 0.455. The largest absolute Gasteiger partial charge is 0.398 e. The van der Waals surface area contributed by atoms with Gasteiger partial charge in [0, 0.05) is 17.9 Å². The molecule has 14 heavy (non-hydrogen) atoms. The minimum absolute atomic E-state index is 0.0112. The van der Waals surface area contributed by atoms with E-state index in [0.717, 1.165) is 30.4 Å². The van der Waals surface area contributed by atoms with E-state index in [1.165, 1.54) is 0 Å². The van der Waals surface area contributed by atoms with E-state index in [9.17, 15) is 0 Å². The molecule has 3 heteroatoms. The van der Waals surface area contributed by atoms with Crippen LogP contribution >= 0.6 is 0 Å². The molecule has 0 aliphatic rings. The van der Waals surface area contributed by atoms with E-state index in [2.05, 4.69) is 0 Å². The Bertz CT molecular complexity index is 287. The number of anilines is 1. The van der Waals surface area contributed by atoms with E-state index in [-0.39, 0.29) is 13.2 Å². The average molecular weight is 195 g/mol. The molecule has 78 valence electrons. The summed E-state index contributed by atoms with van der Waals surface area (Å²) in [6.45, 7) is 0.229. The van der Waals surface area contributed by atoms with Gasteiger partial charge in [-0.05, 0) is 30.9 Å². The van der Waals surface area contributed by atoms with E-state index in [1.807, 2.05) is 18.2 Å². The lowest BCUT2D eigenvalue weighted by molar-refractivity contribution is 0.282. The molecule has 0 bridgehead atoms. The van der Waals surface area contributed by atoms with E-state index in [0.29, 0.717) is 5.69 Å². The van der Waals surface area contributed by atoms with Gasteiger partial charge in [-0.2, -0.15) is 0 Å². The molecule has 0 heterocycles. The molecule has 3 nitrogen and oxygen atoms in total. The fourth-order valence-corrected chi connectivity index (χ4v) is 1.38. The van der Waals surface area contributed by atoms with Crippen molar-refractivity contribution < 1.29 is 10.2 Å². The molecule has 4 N–H and O–H groups in total. The highest BCUT2D eigenvalue weighted by Gasteiger charge is 1.99. The first-order chi connectivity index (χ1) is 6.77. The normalized spacial score (nSPS) is 10.4. The van der Waals surface area contributed by atoms with Crippen LogP contribution in [0.15, 0.2) is 18.2 Å². The zero-order chi connectivity index (χ0) is 10.4. The first-order valence-electron chi connectivity index (χ1n) is 4.87. The van der Waals surface area contributed by atoms with Crippen LogP contribution in [0.2, 0.25) is 0 Å². The Kier molecular flexibility index (Phi) is 4.43. The predicted molar refractivity (Wildman–Crippen MR) is 56.8 cm³/mol. The fourth-order valence-electron chi connectivity index (χ4n) is 1.38. The molecule has 0 amide bonds. The number of benzene rings is 1. The molecule has 0 aromatic heterocycles. The number of nitrogens with two attached hydrogens (primary N) is 1. The summed E-state index contributed by atoms with van der Waals surface area (Å²) in [5.74, 6) is 0. The summed E-state index contributed by atoms with van der Waals surface area (Å²) < 4.78 is 0. The second kappa shape index (κ2) is 5.62. The van der Waals surface area contributed by atoms with Gasteiger partial charge < -0.3 is 15.9 Å². The highest BCUT2D eigenvalue weighted by molar-refractivity contribution is 5.48. The molecule has 0 aliphatic carbocycles. The van der Waals surface area contributed by atoms with Crippen LogP contribution in [0, 0.1) is 0 Å². The van der Waals surface area contributed by atoms with Crippen LogP contribution in [0.5, 0.6) is 0 Å². The number of hydrogen-bond acceptors (Lipinski definition) is 3. The number of nitrogen functional groups attached to an aromatic ring is 1. The van der Waals surface area contributed by atoms with Crippen LogP contribution in [0.4, 0.5) is 5.69 Å². The van der Waals surface area contributed by atoms with Gasteiger partial charge in [0.15, 0.2) is 0 Å². The molecule has 0 fully saturated rings. The molecule has 0 atom stereocenters. The van der Waals surface area contributed by atoms with Gasteiger partial charge in [-0.15, -0.1) is 0 Å². The second-order valence-corrected chi connectivity index (χ2v) is 3.37. The third kappa shape index (κ3) is 3.01. The Morgan fingerprint density at radius 1 is 1.14 bits per heavy atom. The van der Waals surface area contributed by atoms with Crippen molar-refractivity contribution in [1.82, 2.24) is 0 Å². The summed E-state index contributed by atoms with van der Waals surface area (Å²) in [4.78, 5) is 0. The number of aliphatic hydroxyl groups is 2. The zero-order valence-electron chi connectivity index (χ0n) is 8.24. The number of hydrogen-bond donors (Lipinski definition) is 3. The van der Waals surface area contributed by atoms with Gasteiger partial charge >= 0.3 is 0 Å². The lowest BCUT2D eigenvalue weighted by Crippen LogP contribution is -1.96. The standard InChI is InChI=1S/C11H17NO2/c12-11-7-9(3-1-2-6-13)4-5-10(11)8-14/h4-5,7,13-14H,1-3,6,8,12H2. The molecule has 1 aromatic rings. The SMILES string of the molecule is Nc1cc(CCCCO)ccc1CO. The van der Waals surface area contributed by atoms with Crippen molar-refractivity contribution in [3.05, 3.63) is 29.3 Å². The van der Waals surface area contributed by atoms with Gasteiger partial charge in [0.05, 0.1) is 6.61 Å². The molecule has 0 unspecified atom stereocenters. The first kappa shape index (κ1) is 11.0. The average Bonchev–Trinajstić information content (AvgIpc) is 2.18. The maximum absolute atomic E-state index is 8.91. The van der Waals surface area contributed by atoms with Crippen molar-refractivity contribution in [1.29, 1.82) is 0 Å². The monoisotopic (exact) mass is 195 g/mol. The van der Waals surface area contributed by atoms with Gasteiger partial charge in [0.2, 0.25) is 0 Å². The summed E-state index contributed by atoms with van der Waals surface area (Å²) in [6.07, 6.45) is 2.71. The summed E-state index contributed by atoms with van der Waals surface area (Å²) in [5.41, 5.74) is 8.31. The molecule has 0 aliphatic heterocycles. The summed E-state index contributed by atoms with van der Waals surface area (Å²) >= 11 is 0. The minimum Gasteiger partial charge on any atom is -0.398 e. The van der Waals surface area contributed by atoms with Gasteiger partial charge in [-0.1, -0.05) is 12.1 Å². The van der Waals surface area contributed by atoms with E-state index in [4.69, 9.17) is 15.9 Å². The number of aliphatic hydroxyl groups excluding tert-OH is 2. The predicted octanol–water partition coefficient (Wildman–Crippen LogP) is 1.08. The summed E-state index contributed by atoms with van der Waals surface area (Å²) in [7, 11) is 0. The van der Waals surface area contributed by atoms with Crippen LogP contribution in [0.1, 0.15) is 24.0 Å². The molecule has 0 saturated heterocycles. The van der Waals surface area contributed by atoms with Crippen molar-refractivity contribution >= 4 is 5.69 Å². The Morgan fingerprint density at radius 3 is 2.50 bits per heavy atom. The topological polar surface area (TPSA) is 66.5 Å². The van der Waals surface area contributed by atoms with Crippen LogP contribution in [-0.2, 0) is 13.0 Å². The lowest BCUT2D eigenvalue weighted by atomic mass is 10.0. The van der Waals surface area contributed by atoms with Crippen molar-refractivity contribution in [2.24, 2.45) is 0 Å². The van der Waals surface area contributed by atoms with Crippen LogP contribution < -0.4 is 5.73 Å². The summed E-state index contributed by atoms with van der Waals surface area (Å²) in [5, 5.41) is 17.5. The zero-order valence-corrected chi connectivity index (χ0v) is 8.24. The van der Waals surface area contributed by atoms with Crippen molar-refractivity contribution in [2.45, 2.75) is 25.9 Å². The number of aryl methyl sites for hydroxylation is 1. The van der Waals surface area contributed by atoms with Gasteiger partial charge in [0.25, 0.3) is 0 Å². The minimum atomic E-state index is -0.0112. The first-order valence-corrected chi connectivity index (χ1v) is 4.87. The highest BCUT2D eigenvalue weighted by atomic mass is 16.3. The third-order valence-corrected chi connectivity index (χ3v) is 2.25. The maximum atomic E-state index is 8.91. The van der Waals surface area contributed by atoms with Crippen molar-refractivity contribution in [3.8, 4) is 0 Å². The van der Waals surface area contributed by atoms with Crippen molar-refractivity contribution in [3.63, 3.8) is 0 Å². The summed E-state index contributed by atoms with van der Waals surface area (Å²) in [6, 6.07) is 5.71.